The fourth-order valence-electron chi connectivity index (χ4n) is 1.62. The zero-order chi connectivity index (χ0) is 15.9. The highest BCUT2D eigenvalue weighted by molar-refractivity contribution is 5.39. The second-order valence-electron chi connectivity index (χ2n) is 4.75. The van der Waals surface area contributed by atoms with Gasteiger partial charge >= 0.3 is 6.36 Å². The van der Waals surface area contributed by atoms with Crippen molar-refractivity contribution >= 4 is 0 Å². The van der Waals surface area contributed by atoms with Gasteiger partial charge in [0.05, 0.1) is 6.61 Å². The Bertz CT molecular complexity index is 424. The summed E-state index contributed by atoms with van der Waals surface area (Å²) in [6.07, 6.45) is -5.18. The Morgan fingerprint density at radius 3 is 2.29 bits per heavy atom. The van der Waals surface area contributed by atoms with Crippen LogP contribution in [0.1, 0.15) is 13.8 Å². The number of hydrogen-bond donors (Lipinski definition) is 1. The Hall–Kier alpha value is -1.47. The van der Waals surface area contributed by atoms with E-state index < -0.39 is 12.5 Å². The van der Waals surface area contributed by atoms with E-state index in [1.165, 1.54) is 25.3 Å². The van der Waals surface area contributed by atoms with Crippen LogP contribution in [0.5, 0.6) is 11.5 Å². The summed E-state index contributed by atoms with van der Waals surface area (Å²) >= 11 is 0. The predicted molar refractivity (Wildman–Crippen MR) is 72.6 cm³/mol. The second-order valence-corrected chi connectivity index (χ2v) is 4.75. The third-order valence-corrected chi connectivity index (χ3v) is 2.47. The third kappa shape index (κ3) is 7.19. The lowest BCUT2D eigenvalue weighted by Crippen LogP contribution is -2.38. The summed E-state index contributed by atoms with van der Waals surface area (Å²) in [6, 6.07) is 5.90. The molecule has 1 N–H and O–H groups in total. The Morgan fingerprint density at radius 1 is 1.14 bits per heavy atom. The van der Waals surface area contributed by atoms with E-state index in [9.17, 15) is 13.2 Å². The first-order valence-corrected chi connectivity index (χ1v) is 6.55. The number of ether oxygens (including phenoxy) is 3. The van der Waals surface area contributed by atoms with Gasteiger partial charge in [0.2, 0.25) is 0 Å². The number of rotatable bonds is 8. The van der Waals surface area contributed by atoms with Crippen molar-refractivity contribution in [3.8, 4) is 11.5 Å². The maximum absolute atomic E-state index is 12.3. The Labute approximate surface area is 122 Å². The largest absolute Gasteiger partial charge is 0.573 e. The van der Waals surface area contributed by atoms with E-state index >= 15 is 0 Å². The lowest BCUT2D eigenvalue weighted by atomic mass is 10.3. The summed E-state index contributed by atoms with van der Waals surface area (Å²) in [5.41, 5.74) is 0. The maximum atomic E-state index is 12.3. The average Bonchev–Trinajstić information content (AvgIpc) is 2.36. The van der Waals surface area contributed by atoms with E-state index in [1.807, 2.05) is 13.8 Å². The number of nitrogens with one attached hydrogen (secondary N) is 1. The molecule has 120 valence electrons. The zero-order valence-electron chi connectivity index (χ0n) is 12.2. The summed E-state index contributed by atoms with van der Waals surface area (Å²) in [5, 5.41) is 3.15. The topological polar surface area (TPSA) is 39.7 Å². The van der Waals surface area contributed by atoms with E-state index in [0.717, 1.165) is 0 Å². The molecule has 0 aromatic heterocycles. The number of halogens is 3. The maximum Gasteiger partial charge on any atom is 0.573 e. The Morgan fingerprint density at radius 2 is 1.76 bits per heavy atom. The van der Waals surface area contributed by atoms with Crippen LogP contribution in [0.2, 0.25) is 0 Å². The van der Waals surface area contributed by atoms with Gasteiger partial charge in [0, 0.05) is 19.7 Å². The van der Waals surface area contributed by atoms with E-state index in [-0.39, 0.29) is 24.1 Å². The van der Waals surface area contributed by atoms with Crippen molar-refractivity contribution < 1.29 is 27.4 Å². The van der Waals surface area contributed by atoms with Crippen molar-refractivity contribution in [1.82, 2.24) is 5.32 Å². The van der Waals surface area contributed by atoms with Gasteiger partial charge in [-0.05, 0) is 12.1 Å². The SMILES string of the molecule is COCC(CNC(C)C)Oc1ccccc1OC(F)(F)F. The van der Waals surface area contributed by atoms with Gasteiger partial charge in [-0.25, -0.2) is 0 Å². The minimum Gasteiger partial charge on any atom is -0.483 e. The molecule has 0 aliphatic carbocycles. The van der Waals surface area contributed by atoms with E-state index in [1.54, 1.807) is 6.07 Å². The quantitative estimate of drug-likeness (QED) is 0.801. The molecule has 1 rings (SSSR count). The fourth-order valence-corrected chi connectivity index (χ4v) is 1.62. The van der Waals surface area contributed by atoms with E-state index in [2.05, 4.69) is 10.1 Å². The molecule has 0 spiro atoms. The van der Waals surface area contributed by atoms with E-state index in [4.69, 9.17) is 9.47 Å². The van der Waals surface area contributed by atoms with Crippen molar-refractivity contribution in [2.75, 3.05) is 20.3 Å². The monoisotopic (exact) mass is 307 g/mol. The second kappa shape index (κ2) is 8.09. The van der Waals surface area contributed by atoms with Crippen LogP contribution in [0.3, 0.4) is 0 Å². The summed E-state index contributed by atoms with van der Waals surface area (Å²) in [6.45, 7) is 4.63. The highest BCUT2D eigenvalue weighted by Crippen LogP contribution is 2.32. The van der Waals surface area contributed by atoms with Crippen molar-refractivity contribution in [2.45, 2.75) is 32.4 Å². The van der Waals surface area contributed by atoms with Crippen LogP contribution in [-0.2, 0) is 4.74 Å². The lowest BCUT2D eigenvalue weighted by Gasteiger charge is -2.22. The van der Waals surface area contributed by atoms with Crippen LogP contribution in [0.15, 0.2) is 24.3 Å². The van der Waals surface area contributed by atoms with E-state index in [0.29, 0.717) is 6.54 Å². The Balaban J connectivity index is 2.78. The summed E-state index contributed by atoms with van der Waals surface area (Å²) < 4.78 is 51.6. The molecule has 1 aromatic rings. The van der Waals surface area contributed by atoms with Gasteiger partial charge in [-0.2, -0.15) is 0 Å². The molecule has 1 atom stereocenters. The van der Waals surface area contributed by atoms with Gasteiger partial charge in [-0.3, -0.25) is 0 Å². The number of para-hydroxylation sites is 2. The number of methoxy groups -OCH3 is 1. The number of benzene rings is 1. The first-order valence-electron chi connectivity index (χ1n) is 6.55. The molecule has 0 heterocycles. The van der Waals surface area contributed by atoms with Gasteiger partial charge < -0.3 is 19.5 Å². The Kier molecular flexibility index (Phi) is 6.77. The highest BCUT2D eigenvalue weighted by atomic mass is 19.4. The van der Waals surface area contributed by atoms with Gasteiger partial charge in [0.15, 0.2) is 11.5 Å². The van der Waals surface area contributed by atoms with Crippen LogP contribution >= 0.6 is 0 Å². The zero-order valence-corrected chi connectivity index (χ0v) is 12.2. The molecule has 0 aliphatic heterocycles. The molecule has 0 aliphatic rings. The third-order valence-electron chi connectivity index (χ3n) is 2.47. The highest BCUT2D eigenvalue weighted by Gasteiger charge is 2.32. The molecule has 0 fully saturated rings. The van der Waals surface area contributed by atoms with Gasteiger partial charge in [-0.1, -0.05) is 26.0 Å². The van der Waals surface area contributed by atoms with Crippen molar-refractivity contribution in [2.24, 2.45) is 0 Å². The average molecular weight is 307 g/mol. The minimum absolute atomic E-state index is 0.0300. The van der Waals surface area contributed by atoms with Gasteiger partial charge in [0.25, 0.3) is 0 Å². The predicted octanol–water partition coefficient (Wildman–Crippen LogP) is 2.98. The summed E-state index contributed by atoms with van der Waals surface area (Å²) in [5.74, 6) is -0.335. The molecular formula is C14H20F3NO3. The van der Waals surface area contributed by atoms with Crippen molar-refractivity contribution in [3.05, 3.63) is 24.3 Å². The number of hydrogen-bond acceptors (Lipinski definition) is 4. The standard InChI is InChI=1S/C14H20F3NO3/c1-10(2)18-8-11(9-19-3)20-12-6-4-5-7-13(12)21-14(15,16)17/h4-7,10-11,18H,8-9H2,1-3H3. The fraction of sp³-hybridized carbons (Fsp3) is 0.571. The molecule has 4 nitrogen and oxygen atoms in total. The first kappa shape index (κ1) is 17.6. The molecule has 0 bridgehead atoms. The number of alkyl halides is 3. The van der Waals surface area contributed by atoms with Crippen molar-refractivity contribution in [3.63, 3.8) is 0 Å². The first-order chi connectivity index (χ1) is 9.81. The molecule has 0 saturated heterocycles. The molecule has 0 radical (unpaired) electrons. The molecule has 0 amide bonds. The smallest absolute Gasteiger partial charge is 0.483 e. The summed E-state index contributed by atoms with van der Waals surface area (Å²) in [7, 11) is 1.50. The van der Waals surface area contributed by atoms with Crippen molar-refractivity contribution in [1.29, 1.82) is 0 Å². The normalized spacial score (nSPS) is 13.3. The lowest BCUT2D eigenvalue weighted by molar-refractivity contribution is -0.275. The van der Waals surface area contributed by atoms with Gasteiger partial charge in [-0.15, -0.1) is 13.2 Å². The van der Waals surface area contributed by atoms with Crippen LogP contribution in [-0.4, -0.2) is 38.8 Å². The minimum atomic E-state index is -4.76. The molecular weight excluding hydrogens is 287 g/mol. The van der Waals surface area contributed by atoms with Crippen LogP contribution < -0.4 is 14.8 Å². The van der Waals surface area contributed by atoms with Crippen LogP contribution in [0.4, 0.5) is 13.2 Å². The molecule has 1 aromatic carbocycles. The molecule has 7 heteroatoms. The van der Waals surface area contributed by atoms with Crippen LogP contribution in [0.25, 0.3) is 0 Å². The molecule has 1 unspecified atom stereocenters. The summed E-state index contributed by atoms with van der Waals surface area (Å²) in [4.78, 5) is 0. The molecule has 0 saturated carbocycles. The van der Waals surface area contributed by atoms with Crippen LogP contribution in [0, 0.1) is 0 Å². The molecule has 21 heavy (non-hydrogen) atoms. The van der Waals surface area contributed by atoms with Gasteiger partial charge in [0.1, 0.15) is 6.10 Å².